The number of fused-ring (bicyclic) bond motifs is 1. The number of benzene rings is 1. The molecule has 0 bridgehead atoms. The number of carbonyl (C=O) groups is 1. The lowest BCUT2D eigenvalue weighted by molar-refractivity contribution is -0.134. The van der Waals surface area contributed by atoms with Crippen LogP contribution in [-0.2, 0) is 14.6 Å². The van der Waals surface area contributed by atoms with Crippen LogP contribution >= 0.6 is 0 Å². The summed E-state index contributed by atoms with van der Waals surface area (Å²) >= 11 is 0. The van der Waals surface area contributed by atoms with E-state index in [1.807, 2.05) is 0 Å². The van der Waals surface area contributed by atoms with Crippen molar-refractivity contribution < 1.29 is 27.4 Å². The molecule has 8 nitrogen and oxygen atoms in total. The minimum atomic E-state index is -3.34. The van der Waals surface area contributed by atoms with Crippen molar-refractivity contribution in [3.05, 3.63) is 42.2 Å². The third kappa shape index (κ3) is 4.29. The van der Waals surface area contributed by atoms with Gasteiger partial charge in [0.2, 0.25) is 6.79 Å². The zero-order valence-electron chi connectivity index (χ0n) is 16.0. The van der Waals surface area contributed by atoms with Gasteiger partial charge in [0.1, 0.15) is 5.75 Å². The summed E-state index contributed by atoms with van der Waals surface area (Å²) in [6.45, 7) is 1.19. The molecule has 0 saturated carbocycles. The summed E-state index contributed by atoms with van der Waals surface area (Å²) in [6.07, 6.45) is 4.13. The second-order valence-electron chi connectivity index (χ2n) is 7.12. The van der Waals surface area contributed by atoms with Crippen molar-refractivity contribution in [1.82, 2.24) is 9.88 Å². The molecule has 1 saturated heterocycles. The standard InChI is InChI=1S/C20H22N2O6S/c1-29(24,25)18-3-2-8-21-20(18)14-6-9-22(10-7-14)19(23)12-26-15-4-5-16-17(11-15)28-13-27-16/h2-5,8,11,14H,6-7,9-10,12-13H2,1H3. The average molecular weight is 418 g/mol. The topological polar surface area (TPSA) is 95.0 Å². The fourth-order valence-electron chi connectivity index (χ4n) is 3.63. The van der Waals surface area contributed by atoms with E-state index < -0.39 is 9.84 Å². The van der Waals surface area contributed by atoms with Crippen LogP contribution in [0.4, 0.5) is 0 Å². The zero-order valence-corrected chi connectivity index (χ0v) is 16.9. The van der Waals surface area contributed by atoms with Crippen molar-refractivity contribution in [1.29, 1.82) is 0 Å². The molecule has 0 N–H and O–H groups in total. The monoisotopic (exact) mass is 418 g/mol. The number of rotatable bonds is 5. The SMILES string of the molecule is CS(=O)(=O)c1cccnc1C1CCN(C(=O)COc2ccc3c(c2)OCO3)CC1. The Morgan fingerprint density at radius 1 is 1.21 bits per heavy atom. The van der Waals surface area contributed by atoms with Crippen LogP contribution in [0.1, 0.15) is 24.5 Å². The van der Waals surface area contributed by atoms with Crippen molar-refractivity contribution >= 4 is 15.7 Å². The number of sulfone groups is 1. The van der Waals surface area contributed by atoms with Crippen LogP contribution in [0.15, 0.2) is 41.4 Å². The van der Waals surface area contributed by atoms with Gasteiger partial charge in [-0.3, -0.25) is 9.78 Å². The minimum absolute atomic E-state index is 0.0137. The van der Waals surface area contributed by atoms with E-state index in [0.29, 0.717) is 48.9 Å². The van der Waals surface area contributed by atoms with E-state index in [9.17, 15) is 13.2 Å². The van der Waals surface area contributed by atoms with E-state index in [2.05, 4.69) is 4.98 Å². The van der Waals surface area contributed by atoms with Crippen LogP contribution < -0.4 is 14.2 Å². The number of pyridine rings is 1. The first-order valence-corrected chi connectivity index (χ1v) is 11.3. The number of piperidine rings is 1. The molecule has 1 aromatic carbocycles. The van der Waals surface area contributed by atoms with E-state index in [4.69, 9.17) is 14.2 Å². The predicted octanol–water partition coefficient (Wildman–Crippen LogP) is 2.00. The van der Waals surface area contributed by atoms with Gasteiger partial charge in [-0.15, -0.1) is 0 Å². The molecule has 0 unspecified atom stereocenters. The first-order chi connectivity index (χ1) is 13.9. The number of nitrogens with zero attached hydrogens (tertiary/aromatic N) is 2. The molecule has 0 radical (unpaired) electrons. The molecule has 0 aliphatic carbocycles. The van der Waals surface area contributed by atoms with Gasteiger partial charge in [-0.25, -0.2) is 8.42 Å². The molecule has 154 valence electrons. The Labute approximate surface area is 169 Å². The normalized spacial score (nSPS) is 16.7. The molecule has 2 aliphatic heterocycles. The first-order valence-electron chi connectivity index (χ1n) is 9.37. The Kier molecular flexibility index (Phi) is 5.31. The Bertz CT molecular complexity index is 1020. The van der Waals surface area contributed by atoms with Gasteiger partial charge in [-0.1, -0.05) is 0 Å². The number of aromatic nitrogens is 1. The maximum Gasteiger partial charge on any atom is 0.260 e. The highest BCUT2D eigenvalue weighted by atomic mass is 32.2. The number of hydrogen-bond acceptors (Lipinski definition) is 7. The van der Waals surface area contributed by atoms with Crippen LogP contribution in [0.2, 0.25) is 0 Å². The van der Waals surface area contributed by atoms with Gasteiger partial charge in [-0.2, -0.15) is 0 Å². The molecular weight excluding hydrogens is 396 g/mol. The molecule has 0 atom stereocenters. The summed E-state index contributed by atoms with van der Waals surface area (Å²) < 4.78 is 40.2. The van der Waals surface area contributed by atoms with Crippen molar-refractivity contribution in [2.45, 2.75) is 23.7 Å². The molecule has 4 rings (SSSR count). The lowest BCUT2D eigenvalue weighted by atomic mass is 9.93. The number of ether oxygens (including phenoxy) is 3. The molecule has 3 heterocycles. The van der Waals surface area contributed by atoms with Gasteiger partial charge in [0.15, 0.2) is 27.9 Å². The Hall–Kier alpha value is -2.81. The molecular formula is C20H22N2O6S. The third-order valence-electron chi connectivity index (χ3n) is 5.14. The van der Waals surface area contributed by atoms with Crippen LogP contribution in [0.3, 0.4) is 0 Å². The van der Waals surface area contributed by atoms with Gasteiger partial charge in [0.25, 0.3) is 5.91 Å². The van der Waals surface area contributed by atoms with Crippen molar-refractivity contribution in [3.63, 3.8) is 0 Å². The second-order valence-corrected chi connectivity index (χ2v) is 9.10. The minimum Gasteiger partial charge on any atom is -0.484 e. The van der Waals surface area contributed by atoms with E-state index in [0.717, 1.165) is 0 Å². The average Bonchev–Trinajstić information content (AvgIpc) is 3.19. The van der Waals surface area contributed by atoms with Gasteiger partial charge in [0.05, 0.1) is 10.6 Å². The molecule has 29 heavy (non-hydrogen) atoms. The molecule has 1 fully saturated rings. The van der Waals surface area contributed by atoms with Gasteiger partial charge in [0, 0.05) is 37.5 Å². The van der Waals surface area contributed by atoms with E-state index in [1.165, 1.54) is 6.26 Å². The first kappa shape index (κ1) is 19.5. The fourth-order valence-corrected chi connectivity index (χ4v) is 4.55. The predicted molar refractivity (Wildman–Crippen MR) is 104 cm³/mol. The fraction of sp³-hybridized carbons (Fsp3) is 0.400. The van der Waals surface area contributed by atoms with Crippen LogP contribution in [0, 0.1) is 0 Å². The van der Waals surface area contributed by atoms with Gasteiger partial charge >= 0.3 is 0 Å². The Morgan fingerprint density at radius 3 is 2.72 bits per heavy atom. The second kappa shape index (κ2) is 7.90. The van der Waals surface area contributed by atoms with Gasteiger partial charge < -0.3 is 19.1 Å². The summed E-state index contributed by atoms with van der Waals surface area (Å²) in [5.74, 6) is 1.72. The van der Waals surface area contributed by atoms with E-state index >= 15 is 0 Å². The lowest BCUT2D eigenvalue weighted by Crippen LogP contribution is -2.40. The lowest BCUT2D eigenvalue weighted by Gasteiger charge is -2.32. The number of hydrogen-bond donors (Lipinski definition) is 0. The maximum atomic E-state index is 12.5. The molecule has 2 aliphatic rings. The number of amides is 1. The molecule has 0 spiro atoms. The number of carbonyl (C=O) groups excluding carboxylic acids is 1. The molecule has 2 aromatic rings. The highest BCUT2D eigenvalue weighted by Gasteiger charge is 2.28. The largest absolute Gasteiger partial charge is 0.484 e. The summed E-state index contributed by atoms with van der Waals surface area (Å²) in [5, 5.41) is 0. The summed E-state index contributed by atoms with van der Waals surface area (Å²) in [7, 11) is -3.34. The van der Waals surface area contributed by atoms with E-state index in [1.54, 1.807) is 41.4 Å². The Balaban J connectivity index is 1.33. The third-order valence-corrected chi connectivity index (χ3v) is 6.28. The Morgan fingerprint density at radius 2 is 1.97 bits per heavy atom. The molecule has 1 aromatic heterocycles. The van der Waals surface area contributed by atoms with E-state index in [-0.39, 0.29) is 30.1 Å². The summed E-state index contributed by atoms with van der Waals surface area (Å²) in [4.78, 5) is 18.8. The van der Waals surface area contributed by atoms with Gasteiger partial charge in [-0.05, 0) is 37.1 Å². The molecule has 9 heteroatoms. The number of likely N-dealkylation sites (tertiary alicyclic amines) is 1. The highest BCUT2D eigenvalue weighted by molar-refractivity contribution is 7.90. The summed E-state index contributed by atoms with van der Waals surface area (Å²) in [5.41, 5.74) is 0.596. The van der Waals surface area contributed by atoms with Crippen LogP contribution in [-0.4, -0.2) is 57.0 Å². The summed E-state index contributed by atoms with van der Waals surface area (Å²) in [6, 6.07) is 8.41. The van der Waals surface area contributed by atoms with Crippen molar-refractivity contribution in [2.24, 2.45) is 0 Å². The smallest absolute Gasteiger partial charge is 0.260 e. The highest BCUT2D eigenvalue weighted by Crippen LogP contribution is 2.35. The van der Waals surface area contributed by atoms with Crippen molar-refractivity contribution in [2.75, 3.05) is 32.7 Å². The van der Waals surface area contributed by atoms with Crippen LogP contribution in [0.25, 0.3) is 0 Å². The van der Waals surface area contributed by atoms with Crippen molar-refractivity contribution in [3.8, 4) is 17.2 Å². The zero-order chi connectivity index (χ0) is 20.4. The quantitative estimate of drug-likeness (QED) is 0.733. The van der Waals surface area contributed by atoms with Crippen LogP contribution in [0.5, 0.6) is 17.2 Å². The maximum absolute atomic E-state index is 12.5. The molecule has 1 amide bonds.